The van der Waals surface area contributed by atoms with E-state index in [4.69, 9.17) is 19.5 Å². The molecule has 7 nitrogen and oxygen atoms in total. The third kappa shape index (κ3) is 7.07. The molecular weight excluding hydrogens is 390 g/mol. The first-order chi connectivity index (χ1) is 15.0. The van der Waals surface area contributed by atoms with Gasteiger partial charge in [0, 0.05) is 46.1 Å². The van der Waals surface area contributed by atoms with Crippen LogP contribution in [0.5, 0.6) is 0 Å². The van der Waals surface area contributed by atoms with E-state index in [1.54, 1.807) is 7.11 Å². The van der Waals surface area contributed by atoms with Gasteiger partial charge in [0.25, 0.3) is 0 Å². The number of nitrogens with one attached hydrogen (secondary N) is 2. The average Bonchev–Trinajstić information content (AvgIpc) is 3.23. The van der Waals surface area contributed by atoms with Crippen molar-refractivity contribution in [1.29, 1.82) is 0 Å². The fourth-order valence-electron chi connectivity index (χ4n) is 4.80. The van der Waals surface area contributed by atoms with Gasteiger partial charge in [-0.3, -0.25) is 0 Å². The maximum Gasteiger partial charge on any atom is 0.191 e. The van der Waals surface area contributed by atoms with Crippen molar-refractivity contribution in [2.75, 3.05) is 44.8 Å². The molecule has 2 heterocycles. The van der Waals surface area contributed by atoms with Gasteiger partial charge in [0.2, 0.25) is 0 Å². The number of ether oxygens (including phenoxy) is 2. The lowest BCUT2D eigenvalue weighted by molar-refractivity contribution is -0.00545. The van der Waals surface area contributed by atoms with Crippen LogP contribution in [0.15, 0.2) is 23.3 Å². The van der Waals surface area contributed by atoms with Crippen LogP contribution in [0.2, 0.25) is 0 Å². The Balaban J connectivity index is 1.57. The number of rotatable bonds is 9. The first-order valence-electron chi connectivity index (χ1n) is 11.9. The maximum atomic E-state index is 5.83. The second kappa shape index (κ2) is 11.7. The number of hydrogen-bond donors (Lipinski definition) is 2. The van der Waals surface area contributed by atoms with Gasteiger partial charge in [-0.25, -0.2) is 9.98 Å². The Bertz CT molecular complexity index is 678. The Labute approximate surface area is 188 Å². The molecule has 1 aromatic heterocycles. The number of methoxy groups -OCH3 is 1. The molecule has 174 valence electrons. The SMILES string of the molecule is CCNC(=NCc1ccc(N2CC(C)OC(C)C2)nc1)NCC1(CCOC)CCCC1. The number of pyridine rings is 1. The standard InChI is InChI=1S/C24H41N5O2/c1-5-25-23(28-18-24(12-13-30-4)10-6-7-11-24)27-15-21-8-9-22(26-14-21)29-16-19(2)31-20(3)17-29/h8-9,14,19-20H,5-7,10-13,15-18H2,1-4H3,(H2,25,27,28). The van der Waals surface area contributed by atoms with Crippen LogP contribution in [0.25, 0.3) is 0 Å². The normalized spacial score (nSPS) is 23.7. The minimum atomic E-state index is 0.232. The van der Waals surface area contributed by atoms with E-state index in [-0.39, 0.29) is 12.2 Å². The lowest BCUT2D eigenvalue weighted by Gasteiger charge is -2.36. The third-order valence-corrected chi connectivity index (χ3v) is 6.45. The van der Waals surface area contributed by atoms with Gasteiger partial charge in [0.05, 0.1) is 18.8 Å². The van der Waals surface area contributed by atoms with Gasteiger partial charge in [0.1, 0.15) is 5.82 Å². The molecular formula is C24H41N5O2. The summed E-state index contributed by atoms with van der Waals surface area (Å²) in [6, 6.07) is 4.24. The Morgan fingerprint density at radius 1 is 1.23 bits per heavy atom. The minimum absolute atomic E-state index is 0.232. The Hall–Kier alpha value is -1.86. The highest BCUT2D eigenvalue weighted by molar-refractivity contribution is 5.79. The summed E-state index contributed by atoms with van der Waals surface area (Å²) in [6.45, 7) is 11.3. The highest BCUT2D eigenvalue weighted by Crippen LogP contribution is 2.40. The van der Waals surface area contributed by atoms with Crippen LogP contribution >= 0.6 is 0 Å². The molecule has 0 radical (unpaired) electrons. The van der Waals surface area contributed by atoms with Crippen molar-refractivity contribution >= 4 is 11.8 Å². The molecule has 2 N–H and O–H groups in total. The van der Waals surface area contributed by atoms with Gasteiger partial charge >= 0.3 is 0 Å². The minimum Gasteiger partial charge on any atom is -0.385 e. The van der Waals surface area contributed by atoms with Crippen molar-refractivity contribution in [3.05, 3.63) is 23.9 Å². The number of hydrogen-bond acceptors (Lipinski definition) is 5. The quantitative estimate of drug-likeness (QED) is 0.462. The van der Waals surface area contributed by atoms with Crippen molar-refractivity contribution in [3.8, 4) is 0 Å². The monoisotopic (exact) mass is 431 g/mol. The zero-order valence-electron chi connectivity index (χ0n) is 19.8. The molecule has 1 aromatic rings. The molecule has 2 unspecified atom stereocenters. The highest BCUT2D eigenvalue weighted by atomic mass is 16.5. The van der Waals surface area contributed by atoms with Crippen molar-refractivity contribution in [2.45, 2.75) is 71.6 Å². The number of anilines is 1. The summed E-state index contributed by atoms with van der Waals surface area (Å²) in [5.41, 5.74) is 1.45. The van der Waals surface area contributed by atoms with E-state index in [0.29, 0.717) is 12.0 Å². The van der Waals surface area contributed by atoms with Gasteiger partial charge in [0.15, 0.2) is 5.96 Å². The summed E-state index contributed by atoms with van der Waals surface area (Å²) in [5.74, 6) is 1.90. The number of guanidine groups is 1. The topological polar surface area (TPSA) is 71.0 Å². The molecule has 31 heavy (non-hydrogen) atoms. The highest BCUT2D eigenvalue weighted by Gasteiger charge is 2.33. The summed E-state index contributed by atoms with van der Waals surface area (Å²) in [6.07, 6.45) is 8.70. The second-order valence-electron chi connectivity index (χ2n) is 9.19. The molecule has 1 aliphatic heterocycles. The van der Waals surface area contributed by atoms with E-state index in [9.17, 15) is 0 Å². The van der Waals surface area contributed by atoms with E-state index in [1.807, 2.05) is 6.20 Å². The smallest absolute Gasteiger partial charge is 0.191 e. The van der Waals surface area contributed by atoms with Gasteiger partial charge in [-0.05, 0) is 57.1 Å². The van der Waals surface area contributed by atoms with Crippen LogP contribution in [0.3, 0.4) is 0 Å². The van der Waals surface area contributed by atoms with Crippen LogP contribution < -0.4 is 15.5 Å². The molecule has 1 saturated heterocycles. The van der Waals surface area contributed by atoms with Crippen LogP contribution in [0, 0.1) is 5.41 Å². The fraction of sp³-hybridized carbons (Fsp3) is 0.750. The molecule has 2 aliphatic rings. The van der Waals surface area contributed by atoms with Crippen molar-refractivity contribution < 1.29 is 9.47 Å². The van der Waals surface area contributed by atoms with Gasteiger partial charge < -0.3 is 25.0 Å². The fourth-order valence-corrected chi connectivity index (χ4v) is 4.80. The first kappa shape index (κ1) is 23.8. The summed E-state index contributed by atoms with van der Waals surface area (Å²) < 4.78 is 11.2. The van der Waals surface area contributed by atoms with Crippen molar-refractivity contribution in [3.63, 3.8) is 0 Å². The second-order valence-corrected chi connectivity index (χ2v) is 9.19. The molecule has 1 saturated carbocycles. The molecule has 0 spiro atoms. The molecule has 2 fully saturated rings. The Morgan fingerprint density at radius 2 is 1.97 bits per heavy atom. The van der Waals surface area contributed by atoms with Crippen molar-refractivity contribution in [2.24, 2.45) is 10.4 Å². The van der Waals surface area contributed by atoms with Gasteiger partial charge in [-0.1, -0.05) is 18.9 Å². The van der Waals surface area contributed by atoms with E-state index < -0.39 is 0 Å². The number of nitrogens with zero attached hydrogens (tertiary/aromatic N) is 3. The Kier molecular flexibility index (Phi) is 8.96. The molecule has 1 aliphatic carbocycles. The van der Waals surface area contributed by atoms with Crippen LogP contribution in [-0.2, 0) is 16.0 Å². The van der Waals surface area contributed by atoms with Crippen LogP contribution in [-0.4, -0.2) is 63.0 Å². The first-order valence-corrected chi connectivity index (χ1v) is 11.9. The summed E-state index contributed by atoms with van der Waals surface area (Å²) in [7, 11) is 1.79. The zero-order chi connectivity index (χ0) is 22.1. The number of morpholine rings is 1. The van der Waals surface area contributed by atoms with E-state index >= 15 is 0 Å². The van der Waals surface area contributed by atoms with E-state index in [0.717, 1.165) is 56.5 Å². The molecule has 0 bridgehead atoms. The van der Waals surface area contributed by atoms with E-state index in [1.165, 1.54) is 25.7 Å². The van der Waals surface area contributed by atoms with Gasteiger partial charge in [-0.2, -0.15) is 0 Å². The largest absolute Gasteiger partial charge is 0.385 e. The molecule has 0 aromatic carbocycles. The average molecular weight is 432 g/mol. The summed E-state index contributed by atoms with van der Waals surface area (Å²) in [4.78, 5) is 11.8. The Morgan fingerprint density at radius 3 is 2.58 bits per heavy atom. The van der Waals surface area contributed by atoms with Crippen LogP contribution in [0.4, 0.5) is 5.82 Å². The summed E-state index contributed by atoms with van der Waals surface area (Å²) >= 11 is 0. The third-order valence-electron chi connectivity index (χ3n) is 6.45. The molecule has 2 atom stereocenters. The predicted molar refractivity (Wildman–Crippen MR) is 127 cm³/mol. The maximum absolute atomic E-state index is 5.83. The summed E-state index contributed by atoms with van der Waals surface area (Å²) in [5, 5.41) is 6.98. The lowest BCUT2D eigenvalue weighted by Crippen LogP contribution is -2.45. The lowest BCUT2D eigenvalue weighted by atomic mass is 9.83. The molecule has 0 amide bonds. The molecule has 3 rings (SSSR count). The number of aliphatic imine (C=N–C) groups is 1. The zero-order valence-corrected chi connectivity index (χ0v) is 19.8. The van der Waals surface area contributed by atoms with E-state index in [2.05, 4.69) is 48.4 Å². The predicted octanol–water partition coefficient (Wildman–Crippen LogP) is 3.35. The van der Waals surface area contributed by atoms with Crippen molar-refractivity contribution in [1.82, 2.24) is 15.6 Å². The van der Waals surface area contributed by atoms with Gasteiger partial charge in [-0.15, -0.1) is 0 Å². The molecule has 7 heteroatoms. The van der Waals surface area contributed by atoms with Crippen LogP contribution in [0.1, 0.15) is 58.4 Å². The number of aromatic nitrogens is 1.